The Morgan fingerprint density at radius 1 is 0.878 bits per heavy atom. The number of carboxylic acid groups (broad SMARTS) is 1. The quantitative estimate of drug-likeness (QED) is 0.0338. The maximum Gasteiger partial charge on any atom is 0.305 e. The lowest BCUT2D eigenvalue weighted by Crippen LogP contribution is -2.51. The minimum atomic E-state index is -1.57. The van der Waals surface area contributed by atoms with Gasteiger partial charge < -0.3 is 48.9 Å². The van der Waals surface area contributed by atoms with E-state index in [1.54, 1.807) is 30.3 Å². The third-order valence-corrected chi connectivity index (χ3v) is 8.44. The summed E-state index contributed by atoms with van der Waals surface area (Å²) in [7, 11) is 2.99. The van der Waals surface area contributed by atoms with Gasteiger partial charge in [0.2, 0.25) is 29.5 Å². The Balaban J connectivity index is 2.11. The molecule has 0 aliphatic heterocycles. The van der Waals surface area contributed by atoms with Crippen molar-refractivity contribution >= 4 is 85.4 Å². The van der Waals surface area contributed by atoms with Crippen molar-refractivity contribution in [1.29, 1.82) is 0 Å². The second kappa shape index (κ2) is 21.0. The minimum Gasteiger partial charge on any atom is -0.481 e. The molecular formula is C30H41N9O8S2. The molecule has 266 valence electrons. The maximum absolute atomic E-state index is 13.2. The van der Waals surface area contributed by atoms with Crippen molar-refractivity contribution < 1.29 is 38.7 Å². The monoisotopic (exact) mass is 719 g/mol. The Labute approximate surface area is 290 Å². The van der Waals surface area contributed by atoms with E-state index in [2.05, 4.69) is 31.6 Å². The SMILES string of the molecule is CSSCCC(=O)NC(CCCCN=C(N)N)C(=O)NCC(=O)NC(CC(=O)O)C(=O)Nc1cc(C(=O)NCC(N)=O)c2ccccc2c1. The first-order valence-electron chi connectivity index (χ1n) is 15.0. The van der Waals surface area contributed by atoms with Crippen LogP contribution in [0.3, 0.4) is 0 Å². The number of aliphatic carboxylic acids is 1. The highest BCUT2D eigenvalue weighted by Gasteiger charge is 2.26. The van der Waals surface area contributed by atoms with E-state index in [4.69, 9.17) is 17.2 Å². The molecule has 0 heterocycles. The number of anilines is 1. The molecule has 17 nitrogen and oxygen atoms in total. The van der Waals surface area contributed by atoms with Gasteiger partial charge in [-0.25, -0.2) is 0 Å². The number of aliphatic imine (C=N–C) groups is 1. The van der Waals surface area contributed by atoms with Crippen LogP contribution >= 0.6 is 21.6 Å². The summed E-state index contributed by atoms with van der Waals surface area (Å²) in [4.78, 5) is 90.8. The van der Waals surface area contributed by atoms with Crippen molar-refractivity contribution in [2.75, 3.05) is 37.0 Å². The van der Waals surface area contributed by atoms with Crippen molar-refractivity contribution in [3.8, 4) is 0 Å². The number of carboxylic acids is 1. The average Bonchev–Trinajstić information content (AvgIpc) is 3.04. The lowest BCUT2D eigenvalue weighted by Gasteiger charge is -2.20. The van der Waals surface area contributed by atoms with Gasteiger partial charge in [-0.3, -0.25) is 38.6 Å². The Morgan fingerprint density at radius 2 is 1.59 bits per heavy atom. The van der Waals surface area contributed by atoms with E-state index in [-0.39, 0.29) is 36.0 Å². The number of nitrogens with zero attached hydrogens (tertiary/aromatic N) is 1. The van der Waals surface area contributed by atoms with Gasteiger partial charge in [-0.1, -0.05) is 45.9 Å². The number of amides is 6. The molecule has 0 saturated carbocycles. The third kappa shape index (κ3) is 15.2. The zero-order valence-electron chi connectivity index (χ0n) is 26.8. The second-order valence-electron chi connectivity index (χ2n) is 10.5. The molecule has 0 radical (unpaired) electrons. The first-order chi connectivity index (χ1) is 23.3. The molecule has 0 bridgehead atoms. The topological polar surface area (TPSA) is 290 Å². The van der Waals surface area contributed by atoms with E-state index in [0.717, 1.165) is 0 Å². The summed E-state index contributed by atoms with van der Waals surface area (Å²) in [6, 6.07) is 7.08. The number of nitrogens with two attached hydrogens (primary N) is 3. The van der Waals surface area contributed by atoms with Crippen LogP contribution in [-0.4, -0.2) is 96.2 Å². The highest BCUT2D eigenvalue weighted by Crippen LogP contribution is 2.24. The number of guanidine groups is 1. The standard InChI is InChI=1S/C30H41N9O8S2/c1-48-49-11-9-24(41)38-21(8-4-5-10-34-30(32)33)28(46)36-16-25(42)39-22(14-26(43)44)29(47)37-18-12-17-6-2-3-7-19(17)20(13-18)27(45)35-15-23(31)40/h2-3,6-7,12-13,21-22H,4-5,8-11,14-16H2,1H3,(H2,31,40)(H,35,45)(H,36,46)(H,37,47)(H,38,41)(H,39,42)(H,43,44)(H4,32,33,34). The fraction of sp³-hybridized carbons (Fsp3) is 0.400. The van der Waals surface area contributed by atoms with Crippen LogP contribution < -0.4 is 43.8 Å². The van der Waals surface area contributed by atoms with E-state index in [1.165, 1.54) is 27.7 Å². The number of rotatable bonds is 21. The molecule has 49 heavy (non-hydrogen) atoms. The molecule has 0 saturated heterocycles. The van der Waals surface area contributed by atoms with Gasteiger partial charge in [0.25, 0.3) is 5.91 Å². The number of primary amides is 1. The molecule has 0 aliphatic carbocycles. The number of carbonyl (C=O) groups excluding carboxylic acids is 6. The summed E-state index contributed by atoms with van der Waals surface area (Å²) >= 11 is 0. The summed E-state index contributed by atoms with van der Waals surface area (Å²) in [6.07, 6.45) is 2.49. The molecule has 12 N–H and O–H groups in total. The average molecular weight is 720 g/mol. The van der Waals surface area contributed by atoms with Gasteiger partial charge in [-0.15, -0.1) is 0 Å². The van der Waals surface area contributed by atoms with Crippen molar-refractivity contribution in [2.24, 2.45) is 22.2 Å². The maximum atomic E-state index is 13.2. The molecule has 2 aromatic rings. The lowest BCUT2D eigenvalue weighted by molar-refractivity contribution is -0.140. The molecule has 2 atom stereocenters. The van der Waals surface area contributed by atoms with Crippen molar-refractivity contribution in [3.63, 3.8) is 0 Å². The van der Waals surface area contributed by atoms with Crippen LogP contribution in [0.5, 0.6) is 0 Å². The first-order valence-corrected chi connectivity index (χ1v) is 17.7. The fourth-order valence-corrected chi connectivity index (χ4v) is 5.59. The van der Waals surface area contributed by atoms with Gasteiger partial charge >= 0.3 is 5.97 Å². The van der Waals surface area contributed by atoms with Gasteiger partial charge in [-0.05, 0) is 48.4 Å². The van der Waals surface area contributed by atoms with Gasteiger partial charge in [0.05, 0.1) is 19.5 Å². The predicted octanol–water partition coefficient (Wildman–Crippen LogP) is -0.601. The van der Waals surface area contributed by atoms with Gasteiger partial charge in [-0.2, -0.15) is 0 Å². The smallest absolute Gasteiger partial charge is 0.305 e. The summed E-state index contributed by atoms with van der Waals surface area (Å²) in [5.41, 5.74) is 16.0. The minimum absolute atomic E-state index is 0.0683. The third-order valence-electron chi connectivity index (χ3n) is 6.63. The van der Waals surface area contributed by atoms with Gasteiger partial charge in [0, 0.05) is 30.0 Å². The molecule has 0 spiro atoms. The van der Waals surface area contributed by atoms with Crippen molar-refractivity contribution in [3.05, 3.63) is 42.0 Å². The first kappa shape index (κ1) is 40.1. The highest BCUT2D eigenvalue weighted by atomic mass is 33.1. The van der Waals surface area contributed by atoms with Crippen LogP contribution in [0.4, 0.5) is 5.69 Å². The Morgan fingerprint density at radius 3 is 2.27 bits per heavy atom. The molecular weight excluding hydrogens is 679 g/mol. The summed E-state index contributed by atoms with van der Waals surface area (Å²) < 4.78 is 0. The number of hydrogen-bond acceptors (Lipinski definition) is 10. The predicted molar refractivity (Wildman–Crippen MR) is 188 cm³/mol. The summed E-state index contributed by atoms with van der Waals surface area (Å²) in [6.45, 7) is -0.713. The van der Waals surface area contributed by atoms with E-state index in [0.29, 0.717) is 35.9 Å². The van der Waals surface area contributed by atoms with Gasteiger partial charge in [0.1, 0.15) is 12.1 Å². The number of carbonyl (C=O) groups is 7. The van der Waals surface area contributed by atoms with Crippen molar-refractivity contribution in [2.45, 2.75) is 44.2 Å². The van der Waals surface area contributed by atoms with Crippen LogP contribution in [0, 0.1) is 0 Å². The number of fused-ring (bicyclic) bond motifs is 1. The summed E-state index contributed by atoms with van der Waals surface area (Å²) in [5, 5.41) is 22.8. The normalized spacial score (nSPS) is 11.8. The van der Waals surface area contributed by atoms with Crippen LogP contribution in [0.15, 0.2) is 41.4 Å². The van der Waals surface area contributed by atoms with E-state index in [1.807, 2.05) is 6.26 Å². The number of benzene rings is 2. The molecule has 19 heteroatoms. The van der Waals surface area contributed by atoms with Crippen LogP contribution in [0.25, 0.3) is 10.8 Å². The van der Waals surface area contributed by atoms with Crippen molar-refractivity contribution in [1.82, 2.24) is 21.3 Å². The molecule has 6 amide bonds. The Hall–Kier alpha value is -5.04. The molecule has 2 aromatic carbocycles. The zero-order valence-corrected chi connectivity index (χ0v) is 28.4. The van der Waals surface area contributed by atoms with E-state index >= 15 is 0 Å². The zero-order chi connectivity index (χ0) is 36.3. The van der Waals surface area contributed by atoms with Gasteiger partial charge in [0.15, 0.2) is 5.96 Å². The molecule has 2 unspecified atom stereocenters. The highest BCUT2D eigenvalue weighted by molar-refractivity contribution is 8.76. The molecule has 2 rings (SSSR count). The second-order valence-corrected chi connectivity index (χ2v) is 13.2. The summed E-state index contributed by atoms with van der Waals surface area (Å²) in [5.74, 6) is -5.10. The van der Waals surface area contributed by atoms with Crippen LogP contribution in [0.2, 0.25) is 0 Å². The van der Waals surface area contributed by atoms with E-state index in [9.17, 15) is 38.7 Å². The van der Waals surface area contributed by atoms with E-state index < -0.39 is 67.1 Å². The number of unbranched alkanes of at least 4 members (excludes halogenated alkanes) is 1. The van der Waals surface area contributed by atoms with Crippen LogP contribution in [0.1, 0.15) is 42.5 Å². The Bertz CT molecular complexity index is 1550. The molecule has 0 fully saturated rings. The fourth-order valence-electron chi connectivity index (χ4n) is 4.40. The number of nitrogens with one attached hydrogen (secondary N) is 5. The largest absolute Gasteiger partial charge is 0.481 e. The number of hydrogen-bond donors (Lipinski definition) is 9. The molecule has 0 aliphatic rings. The lowest BCUT2D eigenvalue weighted by atomic mass is 10.0. The van der Waals surface area contributed by atoms with Crippen LogP contribution in [-0.2, 0) is 28.8 Å². The molecule has 0 aromatic heterocycles. The Kier molecular flexibility index (Phi) is 17.2.